The van der Waals surface area contributed by atoms with Crippen molar-refractivity contribution in [3.63, 3.8) is 0 Å². The summed E-state index contributed by atoms with van der Waals surface area (Å²) in [5.74, 6) is -0.610. The van der Waals surface area contributed by atoms with Crippen molar-refractivity contribution in [3.8, 4) is 0 Å². The first-order valence-corrected chi connectivity index (χ1v) is 7.53. The largest absolute Gasteiger partial charge is 0.383 e. The zero-order valence-electron chi connectivity index (χ0n) is 11.4. The second-order valence-corrected chi connectivity index (χ2v) is 5.70. The maximum atomic E-state index is 12.1. The molecule has 2 aromatic rings. The molecule has 2 N–H and O–H groups in total. The van der Waals surface area contributed by atoms with Gasteiger partial charge in [-0.25, -0.2) is 0 Å². The molecule has 0 aliphatic heterocycles. The maximum absolute atomic E-state index is 12.1. The molecule has 2 rings (SSSR count). The van der Waals surface area contributed by atoms with Crippen molar-refractivity contribution in [2.24, 2.45) is 0 Å². The Balaban J connectivity index is 1.96. The normalized spacial score (nSPS) is 10.6. The zero-order valence-corrected chi connectivity index (χ0v) is 13.0. The molecule has 0 saturated heterocycles. The van der Waals surface area contributed by atoms with E-state index in [1.165, 1.54) is 11.3 Å². The number of fused-ring (bicyclic) bond motifs is 1. The third kappa shape index (κ3) is 3.93. The number of hydrogen-bond acceptors (Lipinski definition) is 4. The number of rotatable bonds is 6. The number of thiophene rings is 1. The summed E-state index contributed by atoms with van der Waals surface area (Å²) in [4.78, 5) is 24.0. The molecule has 1 heterocycles. The number of methoxy groups -OCH3 is 1. The Bertz CT molecular complexity index is 657. The molecule has 0 radical (unpaired) electrons. The van der Waals surface area contributed by atoms with Gasteiger partial charge in [-0.1, -0.05) is 29.8 Å². The Morgan fingerprint density at radius 2 is 2.05 bits per heavy atom. The van der Waals surface area contributed by atoms with Crippen LogP contribution in [0.15, 0.2) is 24.3 Å². The summed E-state index contributed by atoms with van der Waals surface area (Å²) in [5.41, 5.74) is 0. The van der Waals surface area contributed by atoms with Crippen LogP contribution in [-0.4, -0.2) is 38.6 Å². The van der Waals surface area contributed by atoms with Gasteiger partial charge in [0.15, 0.2) is 0 Å². The summed E-state index contributed by atoms with van der Waals surface area (Å²) in [6, 6.07) is 7.52. The van der Waals surface area contributed by atoms with Crippen molar-refractivity contribution in [3.05, 3.63) is 34.2 Å². The second-order valence-electron chi connectivity index (χ2n) is 4.27. The van der Waals surface area contributed by atoms with E-state index in [1.807, 2.05) is 24.3 Å². The first kappa shape index (κ1) is 15.8. The Kier molecular flexibility index (Phi) is 5.55. The molecule has 0 fully saturated rings. The van der Waals surface area contributed by atoms with E-state index < -0.39 is 0 Å². The topological polar surface area (TPSA) is 67.4 Å². The van der Waals surface area contributed by atoms with Gasteiger partial charge in [-0.2, -0.15) is 0 Å². The Morgan fingerprint density at radius 1 is 1.29 bits per heavy atom. The third-order valence-corrected chi connectivity index (χ3v) is 4.45. The highest BCUT2D eigenvalue weighted by Gasteiger charge is 2.17. The van der Waals surface area contributed by atoms with Crippen LogP contribution in [0.4, 0.5) is 0 Å². The van der Waals surface area contributed by atoms with Crippen LogP contribution in [0.5, 0.6) is 0 Å². The molecule has 0 aliphatic rings. The lowest BCUT2D eigenvalue weighted by atomic mass is 10.2. The third-order valence-electron chi connectivity index (χ3n) is 2.78. The standard InChI is InChI=1S/C14H15ClN2O3S/c1-20-7-6-16-11(18)8-17-14(19)13-12(15)9-4-2-3-5-10(9)21-13/h2-5H,6-8H2,1H3,(H,16,18)(H,17,19). The summed E-state index contributed by atoms with van der Waals surface area (Å²) in [5, 5.41) is 6.46. The molecule has 0 unspecified atom stereocenters. The van der Waals surface area contributed by atoms with E-state index >= 15 is 0 Å². The monoisotopic (exact) mass is 326 g/mol. The molecule has 7 heteroatoms. The minimum atomic E-state index is -0.344. The highest BCUT2D eigenvalue weighted by Crippen LogP contribution is 2.34. The fourth-order valence-electron chi connectivity index (χ4n) is 1.76. The van der Waals surface area contributed by atoms with Gasteiger partial charge in [0.05, 0.1) is 18.2 Å². The van der Waals surface area contributed by atoms with Crippen LogP contribution >= 0.6 is 22.9 Å². The Morgan fingerprint density at radius 3 is 2.76 bits per heavy atom. The van der Waals surface area contributed by atoms with Gasteiger partial charge in [-0.15, -0.1) is 11.3 Å². The number of hydrogen-bond donors (Lipinski definition) is 2. The Hall–Kier alpha value is -1.63. The molecule has 0 atom stereocenters. The van der Waals surface area contributed by atoms with Crippen molar-refractivity contribution in [1.82, 2.24) is 10.6 Å². The number of carbonyl (C=O) groups excluding carboxylic acids is 2. The highest BCUT2D eigenvalue weighted by atomic mass is 35.5. The van der Waals surface area contributed by atoms with E-state index in [-0.39, 0.29) is 18.4 Å². The summed E-state index contributed by atoms with van der Waals surface area (Å²) in [6.07, 6.45) is 0. The lowest BCUT2D eigenvalue weighted by Gasteiger charge is -2.05. The maximum Gasteiger partial charge on any atom is 0.263 e. The summed E-state index contributed by atoms with van der Waals surface area (Å²) < 4.78 is 5.76. The molecule has 112 valence electrons. The lowest BCUT2D eigenvalue weighted by Crippen LogP contribution is -2.38. The minimum absolute atomic E-state index is 0.0902. The van der Waals surface area contributed by atoms with E-state index in [0.29, 0.717) is 23.1 Å². The molecule has 21 heavy (non-hydrogen) atoms. The molecule has 0 bridgehead atoms. The molecule has 5 nitrogen and oxygen atoms in total. The molecule has 0 spiro atoms. The number of amides is 2. The van der Waals surface area contributed by atoms with Crippen LogP contribution in [0.3, 0.4) is 0 Å². The van der Waals surface area contributed by atoms with Crippen molar-refractivity contribution >= 4 is 44.8 Å². The summed E-state index contributed by atoms with van der Waals surface area (Å²) in [7, 11) is 1.55. The predicted molar refractivity (Wildman–Crippen MR) is 84.1 cm³/mol. The summed E-state index contributed by atoms with van der Waals surface area (Å²) in [6.45, 7) is 0.754. The van der Waals surface area contributed by atoms with Crippen molar-refractivity contribution in [1.29, 1.82) is 0 Å². The second kappa shape index (κ2) is 7.40. The van der Waals surface area contributed by atoms with Gasteiger partial charge in [0.25, 0.3) is 5.91 Å². The van der Waals surface area contributed by atoms with Crippen molar-refractivity contribution in [2.75, 3.05) is 26.8 Å². The first-order valence-electron chi connectivity index (χ1n) is 6.34. The van der Waals surface area contributed by atoms with Gasteiger partial charge < -0.3 is 15.4 Å². The van der Waals surface area contributed by atoms with E-state index in [4.69, 9.17) is 16.3 Å². The lowest BCUT2D eigenvalue weighted by molar-refractivity contribution is -0.120. The molecule has 1 aromatic heterocycles. The van der Waals surface area contributed by atoms with Crippen LogP contribution in [0.2, 0.25) is 5.02 Å². The van der Waals surface area contributed by atoms with Gasteiger partial charge in [-0.05, 0) is 6.07 Å². The fourth-order valence-corrected chi connectivity index (χ4v) is 3.19. The molecule has 2 amide bonds. The van der Waals surface area contributed by atoms with E-state index in [9.17, 15) is 9.59 Å². The number of halogens is 1. The summed E-state index contributed by atoms with van der Waals surface area (Å²) >= 11 is 7.51. The van der Waals surface area contributed by atoms with E-state index in [0.717, 1.165) is 10.1 Å². The predicted octanol–water partition coefficient (Wildman–Crippen LogP) is 2.05. The molecule has 0 aliphatic carbocycles. The van der Waals surface area contributed by atoms with Crippen molar-refractivity contribution < 1.29 is 14.3 Å². The highest BCUT2D eigenvalue weighted by molar-refractivity contribution is 7.21. The average molecular weight is 327 g/mol. The van der Waals surface area contributed by atoms with Crippen LogP contribution < -0.4 is 10.6 Å². The van der Waals surface area contributed by atoms with Gasteiger partial charge in [-0.3, -0.25) is 9.59 Å². The molecule has 1 aromatic carbocycles. The number of ether oxygens (including phenoxy) is 1. The number of benzene rings is 1. The number of carbonyl (C=O) groups is 2. The van der Waals surface area contributed by atoms with Crippen LogP contribution in [0, 0.1) is 0 Å². The van der Waals surface area contributed by atoms with E-state index in [1.54, 1.807) is 7.11 Å². The van der Waals surface area contributed by atoms with Crippen LogP contribution in [-0.2, 0) is 9.53 Å². The van der Waals surface area contributed by atoms with Gasteiger partial charge >= 0.3 is 0 Å². The van der Waals surface area contributed by atoms with Crippen LogP contribution in [0.25, 0.3) is 10.1 Å². The SMILES string of the molecule is COCCNC(=O)CNC(=O)c1sc2ccccc2c1Cl. The van der Waals surface area contributed by atoms with Crippen molar-refractivity contribution in [2.45, 2.75) is 0 Å². The average Bonchev–Trinajstić information content (AvgIpc) is 2.83. The van der Waals surface area contributed by atoms with Gasteiger partial charge in [0, 0.05) is 23.7 Å². The molecule has 0 saturated carbocycles. The fraction of sp³-hybridized carbons (Fsp3) is 0.286. The molecular weight excluding hydrogens is 312 g/mol. The van der Waals surface area contributed by atoms with Gasteiger partial charge in [0.2, 0.25) is 5.91 Å². The minimum Gasteiger partial charge on any atom is -0.383 e. The number of nitrogens with one attached hydrogen (secondary N) is 2. The first-order chi connectivity index (χ1) is 10.1. The van der Waals surface area contributed by atoms with Gasteiger partial charge in [0.1, 0.15) is 4.88 Å². The van der Waals surface area contributed by atoms with Crippen LogP contribution in [0.1, 0.15) is 9.67 Å². The Labute approximate surface area is 131 Å². The van der Waals surface area contributed by atoms with E-state index in [2.05, 4.69) is 10.6 Å². The molecular formula is C14H15ClN2O3S. The smallest absolute Gasteiger partial charge is 0.263 e. The quantitative estimate of drug-likeness (QED) is 0.798. The zero-order chi connectivity index (χ0) is 15.2.